The van der Waals surface area contributed by atoms with Crippen molar-refractivity contribution in [2.24, 2.45) is 17.8 Å². The molecule has 1 aromatic heterocycles. The van der Waals surface area contributed by atoms with Gasteiger partial charge in [0.05, 0.1) is 11.6 Å². The topological polar surface area (TPSA) is 62.5 Å². The van der Waals surface area contributed by atoms with Crippen LogP contribution in [0, 0.1) is 29.1 Å². The fraction of sp³-hybridized carbons (Fsp3) is 0.292. The molecule has 2 bridgehead atoms. The Morgan fingerprint density at radius 1 is 0.558 bits per heavy atom. The molecule has 6 aromatic rings. The number of nitriles is 1. The zero-order valence-corrected chi connectivity index (χ0v) is 30.5. The summed E-state index contributed by atoms with van der Waals surface area (Å²) >= 11 is 0. The highest BCUT2D eigenvalue weighted by molar-refractivity contribution is 5.85. The van der Waals surface area contributed by atoms with Gasteiger partial charge in [-0.1, -0.05) is 125 Å². The zero-order valence-electron chi connectivity index (χ0n) is 30.5. The van der Waals surface area contributed by atoms with Crippen LogP contribution in [0.15, 0.2) is 115 Å². The minimum atomic E-state index is -0.154. The van der Waals surface area contributed by atoms with Gasteiger partial charge in [0.2, 0.25) is 0 Å². The second-order valence-corrected chi connectivity index (χ2v) is 16.5. The van der Waals surface area contributed by atoms with E-state index in [2.05, 4.69) is 119 Å². The third kappa shape index (κ3) is 5.55. The number of aromatic nitrogens is 3. The third-order valence-electron chi connectivity index (χ3n) is 12.3. The van der Waals surface area contributed by atoms with E-state index in [1.807, 2.05) is 30.3 Å². The van der Waals surface area contributed by atoms with Crippen molar-refractivity contribution in [3.63, 3.8) is 0 Å². The molecule has 3 aliphatic rings. The molecule has 0 N–H and O–H groups in total. The quantitative estimate of drug-likeness (QED) is 0.182. The Bertz CT molecular complexity index is 2330. The van der Waals surface area contributed by atoms with Crippen LogP contribution in [0.1, 0.15) is 82.1 Å². The van der Waals surface area contributed by atoms with E-state index in [4.69, 9.17) is 15.0 Å². The Morgan fingerprint density at radius 2 is 1.12 bits per heavy atom. The van der Waals surface area contributed by atoms with Crippen LogP contribution >= 0.6 is 0 Å². The minimum absolute atomic E-state index is 0.154. The van der Waals surface area contributed by atoms with Gasteiger partial charge >= 0.3 is 0 Å². The Labute approximate surface area is 307 Å². The van der Waals surface area contributed by atoms with Crippen LogP contribution in [-0.2, 0) is 10.8 Å². The van der Waals surface area contributed by atoms with Gasteiger partial charge in [0.25, 0.3) is 0 Å². The average molecular weight is 677 g/mol. The molecule has 3 aliphatic carbocycles. The molecule has 0 saturated heterocycles. The first-order valence-corrected chi connectivity index (χ1v) is 18.9. The lowest BCUT2D eigenvalue weighted by Gasteiger charge is -2.50. The molecule has 9 rings (SSSR count). The van der Waals surface area contributed by atoms with Gasteiger partial charge in [-0.15, -0.1) is 0 Å². The molecule has 2 fully saturated rings. The number of fused-ring (bicyclic) bond motifs is 5. The number of hydrogen-bond donors (Lipinski definition) is 0. The third-order valence-corrected chi connectivity index (χ3v) is 12.3. The average Bonchev–Trinajstić information content (AvgIpc) is 3.39. The molecule has 0 aliphatic heterocycles. The van der Waals surface area contributed by atoms with Crippen molar-refractivity contribution in [2.45, 2.75) is 70.6 Å². The van der Waals surface area contributed by atoms with E-state index in [0.717, 1.165) is 45.6 Å². The van der Waals surface area contributed by atoms with Gasteiger partial charge in [-0.25, -0.2) is 15.0 Å². The van der Waals surface area contributed by atoms with E-state index in [-0.39, 0.29) is 5.41 Å². The lowest BCUT2D eigenvalue weighted by atomic mass is 9.54. The summed E-state index contributed by atoms with van der Waals surface area (Å²) in [4.78, 5) is 15.1. The number of rotatable bonds is 5. The van der Waals surface area contributed by atoms with Gasteiger partial charge in [-0.2, -0.15) is 5.26 Å². The maximum Gasteiger partial charge on any atom is 0.164 e. The van der Waals surface area contributed by atoms with Gasteiger partial charge in [-0.3, -0.25) is 0 Å². The van der Waals surface area contributed by atoms with Crippen molar-refractivity contribution >= 4 is 0 Å². The highest BCUT2D eigenvalue weighted by atomic mass is 15.0. The van der Waals surface area contributed by atoms with E-state index < -0.39 is 0 Å². The van der Waals surface area contributed by atoms with Crippen LogP contribution in [-0.4, -0.2) is 15.0 Å². The largest absolute Gasteiger partial charge is 0.208 e. The fourth-order valence-electron chi connectivity index (χ4n) is 10.2. The highest BCUT2D eigenvalue weighted by Crippen LogP contribution is 2.54. The van der Waals surface area contributed by atoms with Crippen LogP contribution in [0.4, 0.5) is 0 Å². The van der Waals surface area contributed by atoms with E-state index in [1.54, 1.807) is 0 Å². The summed E-state index contributed by atoms with van der Waals surface area (Å²) in [5, 5.41) is 9.53. The van der Waals surface area contributed by atoms with E-state index in [0.29, 0.717) is 28.5 Å². The maximum atomic E-state index is 9.53. The van der Waals surface area contributed by atoms with Gasteiger partial charge in [0.1, 0.15) is 0 Å². The van der Waals surface area contributed by atoms with E-state index in [9.17, 15) is 5.26 Å². The molecular weight excluding hydrogens is 633 g/mol. The molecule has 1 heterocycles. The first-order valence-electron chi connectivity index (χ1n) is 18.9. The summed E-state index contributed by atoms with van der Waals surface area (Å²) in [6.45, 7) is 9.40. The van der Waals surface area contributed by atoms with Gasteiger partial charge < -0.3 is 0 Å². The lowest BCUT2D eigenvalue weighted by molar-refractivity contribution is 0.0780. The van der Waals surface area contributed by atoms with Crippen molar-refractivity contribution in [2.75, 3.05) is 0 Å². The lowest BCUT2D eigenvalue weighted by Crippen LogP contribution is -2.42. The molecule has 2 unspecified atom stereocenters. The molecular formula is C48H44N4. The van der Waals surface area contributed by atoms with Crippen molar-refractivity contribution in [3.05, 3.63) is 138 Å². The number of hydrogen-bond acceptors (Lipinski definition) is 4. The smallest absolute Gasteiger partial charge is 0.164 e. The molecule has 4 atom stereocenters. The summed E-state index contributed by atoms with van der Waals surface area (Å²) in [6.07, 6.45) is 6.66. The molecule has 0 amide bonds. The summed E-state index contributed by atoms with van der Waals surface area (Å²) in [5.41, 5.74) is 12.5. The molecule has 0 radical (unpaired) electrons. The molecule has 52 heavy (non-hydrogen) atoms. The fourth-order valence-corrected chi connectivity index (χ4v) is 10.2. The van der Waals surface area contributed by atoms with Crippen LogP contribution in [0.5, 0.6) is 0 Å². The molecule has 5 aromatic carbocycles. The van der Waals surface area contributed by atoms with Crippen LogP contribution in [0.2, 0.25) is 0 Å². The molecule has 4 heteroatoms. The number of benzene rings is 5. The summed E-state index contributed by atoms with van der Waals surface area (Å²) < 4.78 is 0. The van der Waals surface area contributed by atoms with Crippen LogP contribution < -0.4 is 0 Å². The Kier molecular flexibility index (Phi) is 7.74. The highest BCUT2D eigenvalue weighted by Gasteiger charge is 2.45. The van der Waals surface area contributed by atoms with Crippen molar-refractivity contribution in [3.8, 4) is 62.5 Å². The Morgan fingerprint density at radius 3 is 1.73 bits per heavy atom. The summed E-state index contributed by atoms with van der Waals surface area (Å²) in [6, 6.07) is 43.2. The minimum Gasteiger partial charge on any atom is -0.208 e. The molecule has 256 valence electrons. The molecule has 0 spiro atoms. The second-order valence-electron chi connectivity index (χ2n) is 16.5. The van der Waals surface area contributed by atoms with E-state index >= 15 is 0 Å². The number of nitrogens with zero attached hydrogens (tertiary/aromatic N) is 4. The predicted octanol–water partition coefficient (Wildman–Crippen LogP) is 11.8. The van der Waals surface area contributed by atoms with Crippen LogP contribution in [0.25, 0.3) is 56.4 Å². The van der Waals surface area contributed by atoms with Gasteiger partial charge in [0.15, 0.2) is 17.5 Å². The van der Waals surface area contributed by atoms with Crippen molar-refractivity contribution < 1.29 is 0 Å². The summed E-state index contributed by atoms with van der Waals surface area (Å²) in [5.74, 6) is 4.45. The molecule has 2 saturated carbocycles. The zero-order chi connectivity index (χ0) is 35.6. The first kappa shape index (κ1) is 32.5. The maximum absolute atomic E-state index is 9.53. The second kappa shape index (κ2) is 12.4. The predicted molar refractivity (Wildman–Crippen MR) is 210 cm³/mol. The standard InChI is InChI=1S/C48H44N4/c1-30-22-33-23-31(2)27-48(26-30,28-33)39-18-15-37(16-19-39)46-51-44(35-8-6-5-7-9-35)50-45(52-46)36-13-11-34(12-14-36)38-17-21-42-41(25-38)40-20-10-32(29-49)24-43(40)47(42,3)4/h5-21,24-25,30-31,33H,22-23,26-28H2,1-4H3/t30-,31+,33?,48?. The van der Waals surface area contributed by atoms with E-state index in [1.165, 1.54) is 59.9 Å². The Hall–Kier alpha value is -5.40. The van der Waals surface area contributed by atoms with Crippen LogP contribution in [0.3, 0.4) is 0 Å². The first-order chi connectivity index (χ1) is 25.2. The van der Waals surface area contributed by atoms with Crippen molar-refractivity contribution in [1.82, 2.24) is 15.0 Å². The SMILES string of the molecule is C[C@@H]1CC2C[C@H](C)CC(c3ccc(-c4nc(-c5ccccc5)nc(-c5ccc(-c6ccc7c(c6)-c6ccc(C#N)cc6C7(C)C)cc5)n4)cc3)(C2)C1. The monoisotopic (exact) mass is 676 g/mol. The normalized spacial score (nSPS) is 22.6. The molecule has 4 nitrogen and oxygen atoms in total. The van der Waals surface area contributed by atoms with Gasteiger partial charge in [-0.05, 0) is 112 Å². The Balaban J connectivity index is 1.06. The van der Waals surface area contributed by atoms with Crippen molar-refractivity contribution in [1.29, 1.82) is 5.26 Å². The van der Waals surface area contributed by atoms with Gasteiger partial charge in [0, 0.05) is 22.1 Å². The summed E-state index contributed by atoms with van der Waals surface area (Å²) in [7, 11) is 0.